The molecule has 0 atom stereocenters. The number of hydrogen-bond donors (Lipinski definition) is 1. The molecule has 0 unspecified atom stereocenters. The standard InChI is InChI=1S/C14H10N4O2/c1-2-4-10-9(3-1)7-16-14(17-10)18-11-5-6-15-13-12(11)19-8-20-13/h1-7H,8H2,(H,15,16,17,18). The van der Waals surface area contributed by atoms with Crippen molar-refractivity contribution in [1.82, 2.24) is 15.0 Å². The van der Waals surface area contributed by atoms with E-state index in [-0.39, 0.29) is 6.79 Å². The van der Waals surface area contributed by atoms with Crippen molar-refractivity contribution in [3.05, 3.63) is 42.7 Å². The summed E-state index contributed by atoms with van der Waals surface area (Å²) in [6, 6.07) is 9.62. The third-order valence-electron chi connectivity index (χ3n) is 3.01. The highest BCUT2D eigenvalue weighted by Gasteiger charge is 2.19. The zero-order valence-corrected chi connectivity index (χ0v) is 10.4. The molecule has 20 heavy (non-hydrogen) atoms. The largest absolute Gasteiger partial charge is 0.450 e. The van der Waals surface area contributed by atoms with Crippen molar-refractivity contribution in [2.24, 2.45) is 0 Å². The molecular formula is C14H10N4O2. The number of nitrogens with one attached hydrogen (secondary N) is 1. The molecule has 0 saturated heterocycles. The first-order chi connectivity index (χ1) is 9.90. The van der Waals surface area contributed by atoms with Gasteiger partial charge >= 0.3 is 0 Å². The number of nitrogens with zero attached hydrogens (tertiary/aromatic N) is 3. The van der Waals surface area contributed by atoms with Gasteiger partial charge in [-0.2, -0.15) is 0 Å². The predicted octanol–water partition coefficient (Wildman–Crippen LogP) is 2.50. The highest BCUT2D eigenvalue weighted by Crippen LogP contribution is 2.37. The first-order valence-electron chi connectivity index (χ1n) is 6.13. The van der Waals surface area contributed by atoms with Gasteiger partial charge in [0.15, 0.2) is 0 Å². The molecule has 98 valence electrons. The molecule has 0 saturated carbocycles. The predicted molar refractivity (Wildman–Crippen MR) is 73.2 cm³/mol. The Hall–Kier alpha value is -2.89. The van der Waals surface area contributed by atoms with Gasteiger partial charge in [-0.15, -0.1) is 0 Å². The summed E-state index contributed by atoms with van der Waals surface area (Å²) in [7, 11) is 0. The average molecular weight is 266 g/mol. The molecule has 0 amide bonds. The number of ether oxygens (including phenoxy) is 2. The molecule has 0 fully saturated rings. The van der Waals surface area contributed by atoms with Crippen LogP contribution in [0.25, 0.3) is 10.9 Å². The second-order valence-corrected chi connectivity index (χ2v) is 4.28. The molecule has 3 aromatic rings. The van der Waals surface area contributed by atoms with E-state index in [9.17, 15) is 0 Å². The van der Waals surface area contributed by atoms with Crippen molar-refractivity contribution < 1.29 is 9.47 Å². The van der Waals surface area contributed by atoms with Gasteiger partial charge in [-0.1, -0.05) is 18.2 Å². The molecular weight excluding hydrogens is 256 g/mol. The van der Waals surface area contributed by atoms with E-state index in [2.05, 4.69) is 20.3 Å². The zero-order chi connectivity index (χ0) is 13.4. The van der Waals surface area contributed by atoms with Gasteiger partial charge in [0, 0.05) is 17.8 Å². The minimum Gasteiger partial charge on any atom is -0.450 e. The number of hydrogen-bond acceptors (Lipinski definition) is 6. The Kier molecular flexibility index (Phi) is 2.38. The minimum atomic E-state index is 0.180. The van der Waals surface area contributed by atoms with Crippen LogP contribution in [0.2, 0.25) is 0 Å². The molecule has 1 N–H and O–H groups in total. The van der Waals surface area contributed by atoms with Crippen molar-refractivity contribution in [3.63, 3.8) is 0 Å². The van der Waals surface area contributed by atoms with Crippen LogP contribution >= 0.6 is 0 Å². The Bertz CT molecular complexity index is 791. The Morgan fingerprint density at radius 1 is 1.05 bits per heavy atom. The van der Waals surface area contributed by atoms with Crippen LogP contribution in [0.15, 0.2) is 42.7 Å². The van der Waals surface area contributed by atoms with Gasteiger partial charge in [0.2, 0.25) is 18.5 Å². The third-order valence-corrected chi connectivity index (χ3v) is 3.01. The van der Waals surface area contributed by atoms with Crippen LogP contribution in [0, 0.1) is 0 Å². The van der Waals surface area contributed by atoms with Crippen LogP contribution in [-0.2, 0) is 0 Å². The molecule has 1 aliphatic rings. The van der Waals surface area contributed by atoms with Gasteiger partial charge in [-0.25, -0.2) is 15.0 Å². The number of rotatable bonds is 2. The van der Waals surface area contributed by atoms with Gasteiger partial charge < -0.3 is 14.8 Å². The smallest absolute Gasteiger partial charge is 0.262 e. The lowest BCUT2D eigenvalue weighted by Gasteiger charge is -2.07. The fraction of sp³-hybridized carbons (Fsp3) is 0.0714. The van der Waals surface area contributed by atoms with Crippen LogP contribution in [0.4, 0.5) is 11.6 Å². The van der Waals surface area contributed by atoms with E-state index >= 15 is 0 Å². The maximum atomic E-state index is 5.39. The quantitative estimate of drug-likeness (QED) is 0.768. The highest BCUT2D eigenvalue weighted by molar-refractivity contribution is 5.79. The van der Waals surface area contributed by atoms with Gasteiger partial charge in [0.25, 0.3) is 5.88 Å². The van der Waals surface area contributed by atoms with Crippen molar-refractivity contribution in [2.45, 2.75) is 0 Å². The van der Waals surface area contributed by atoms with Gasteiger partial charge in [-0.05, 0) is 12.1 Å². The van der Waals surface area contributed by atoms with E-state index in [1.807, 2.05) is 24.3 Å². The molecule has 1 aliphatic heterocycles. The van der Waals surface area contributed by atoms with Crippen molar-refractivity contribution in [3.8, 4) is 11.6 Å². The van der Waals surface area contributed by atoms with E-state index < -0.39 is 0 Å². The lowest BCUT2D eigenvalue weighted by Crippen LogP contribution is -1.99. The van der Waals surface area contributed by atoms with Crippen LogP contribution < -0.4 is 14.8 Å². The second-order valence-electron chi connectivity index (χ2n) is 4.28. The van der Waals surface area contributed by atoms with E-state index in [0.29, 0.717) is 17.6 Å². The van der Waals surface area contributed by atoms with Gasteiger partial charge in [0.05, 0.1) is 11.2 Å². The van der Waals surface area contributed by atoms with Crippen LogP contribution in [0.5, 0.6) is 11.6 Å². The summed E-state index contributed by atoms with van der Waals surface area (Å²) in [6.45, 7) is 0.180. The normalized spacial score (nSPS) is 12.6. The van der Waals surface area contributed by atoms with Crippen LogP contribution in [0.3, 0.4) is 0 Å². The maximum absolute atomic E-state index is 5.39. The second kappa shape index (κ2) is 4.34. The van der Waals surface area contributed by atoms with Gasteiger partial charge in [0.1, 0.15) is 0 Å². The van der Waals surface area contributed by atoms with E-state index in [1.54, 1.807) is 18.5 Å². The topological polar surface area (TPSA) is 69.2 Å². The summed E-state index contributed by atoms with van der Waals surface area (Å²) in [4.78, 5) is 12.8. The Balaban J connectivity index is 1.72. The molecule has 0 bridgehead atoms. The van der Waals surface area contributed by atoms with Crippen molar-refractivity contribution >= 4 is 22.5 Å². The number of benzene rings is 1. The summed E-state index contributed by atoms with van der Waals surface area (Å²) in [5.41, 5.74) is 1.62. The molecule has 0 spiro atoms. The number of pyridine rings is 1. The Labute approximate surface area is 114 Å². The minimum absolute atomic E-state index is 0.180. The van der Waals surface area contributed by atoms with Crippen molar-refractivity contribution in [2.75, 3.05) is 12.1 Å². The van der Waals surface area contributed by atoms with E-state index in [1.165, 1.54) is 0 Å². The molecule has 0 aliphatic carbocycles. The summed E-state index contributed by atoms with van der Waals surface area (Å²) < 4.78 is 10.6. The molecule has 2 aromatic heterocycles. The number of aromatic nitrogens is 3. The first-order valence-corrected chi connectivity index (χ1v) is 6.13. The summed E-state index contributed by atoms with van der Waals surface area (Å²) >= 11 is 0. The molecule has 1 aromatic carbocycles. The van der Waals surface area contributed by atoms with Crippen molar-refractivity contribution in [1.29, 1.82) is 0 Å². The monoisotopic (exact) mass is 266 g/mol. The number of anilines is 2. The molecule has 0 radical (unpaired) electrons. The summed E-state index contributed by atoms with van der Waals surface area (Å²) in [6.07, 6.45) is 3.43. The van der Waals surface area contributed by atoms with Crippen LogP contribution in [-0.4, -0.2) is 21.7 Å². The lowest BCUT2D eigenvalue weighted by atomic mass is 10.2. The summed E-state index contributed by atoms with van der Waals surface area (Å²) in [5, 5.41) is 4.13. The summed E-state index contributed by atoms with van der Waals surface area (Å²) in [5.74, 6) is 1.58. The van der Waals surface area contributed by atoms with E-state index in [4.69, 9.17) is 9.47 Å². The Morgan fingerprint density at radius 2 is 2.00 bits per heavy atom. The molecule has 4 rings (SSSR count). The number of fused-ring (bicyclic) bond motifs is 2. The molecule has 6 nitrogen and oxygen atoms in total. The SMILES string of the molecule is c1ccc2nc(Nc3ccnc4c3OCO4)ncc2c1. The maximum Gasteiger partial charge on any atom is 0.262 e. The zero-order valence-electron chi connectivity index (χ0n) is 10.4. The first kappa shape index (κ1) is 11.0. The van der Waals surface area contributed by atoms with Crippen LogP contribution in [0.1, 0.15) is 0 Å². The fourth-order valence-corrected chi connectivity index (χ4v) is 2.07. The average Bonchev–Trinajstić information content (AvgIpc) is 2.97. The lowest BCUT2D eigenvalue weighted by molar-refractivity contribution is 0.171. The Morgan fingerprint density at radius 3 is 3.00 bits per heavy atom. The number of para-hydroxylation sites is 1. The van der Waals surface area contributed by atoms with E-state index in [0.717, 1.165) is 16.6 Å². The molecule has 6 heteroatoms. The highest BCUT2D eigenvalue weighted by atomic mass is 16.7. The fourth-order valence-electron chi connectivity index (χ4n) is 2.07. The van der Waals surface area contributed by atoms with Gasteiger partial charge in [-0.3, -0.25) is 0 Å². The third kappa shape index (κ3) is 1.78. The molecule has 3 heterocycles.